The van der Waals surface area contributed by atoms with Gasteiger partial charge in [-0.2, -0.15) is 0 Å². The molecular formula is C17H24N4. The molecule has 112 valence electrons. The van der Waals surface area contributed by atoms with Crippen molar-refractivity contribution in [2.24, 2.45) is 0 Å². The number of nitrogens with one attached hydrogen (secondary N) is 1. The molecule has 0 radical (unpaired) electrons. The van der Waals surface area contributed by atoms with Gasteiger partial charge in [0, 0.05) is 25.7 Å². The van der Waals surface area contributed by atoms with Gasteiger partial charge >= 0.3 is 0 Å². The summed E-state index contributed by atoms with van der Waals surface area (Å²) in [5, 5.41) is 3.32. The molecule has 0 spiro atoms. The molecule has 0 aliphatic carbocycles. The fraction of sp³-hybridized carbons (Fsp3) is 0.412. The summed E-state index contributed by atoms with van der Waals surface area (Å²) < 4.78 is 0. The van der Waals surface area contributed by atoms with E-state index in [1.807, 2.05) is 0 Å². The Balaban J connectivity index is 2.23. The van der Waals surface area contributed by atoms with Gasteiger partial charge in [0.15, 0.2) is 0 Å². The molecule has 0 amide bonds. The number of aromatic nitrogens is 2. The summed E-state index contributed by atoms with van der Waals surface area (Å²) in [7, 11) is 2.08. The molecule has 21 heavy (non-hydrogen) atoms. The van der Waals surface area contributed by atoms with Crippen molar-refractivity contribution in [2.75, 3.05) is 23.8 Å². The molecule has 0 fully saturated rings. The largest absolute Gasteiger partial charge is 0.370 e. The van der Waals surface area contributed by atoms with E-state index >= 15 is 0 Å². The number of rotatable bonds is 6. The van der Waals surface area contributed by atoms with Crippen LogP contribution in [0.5, 0.6) is 0 Å². The molecule has 2 rings (SSSR count). The van der Waals surface area contributed by atoms with E-state index in [-0.39, 0.29) is 0 Å². The van der Waals surface area contributed by atoms with E-state index in [1.165, 1.54) is 16.7 Å². The summed E-state index contributed by atoms with van der Waals surface area (Å²) in [6, 6.07) is 8.63. The second kappa shape index (κ2) is 7.07. The SMILES string of the molecule is CCNc1ncnc(N(C)Cc2ccc(C)cc2)c1CC. The van der Waals surface area contributed by atoms with Crippen LogP contribution in [0, 0.1) is 6.92 Å². The lowest BCUT2D eigenvalue weighted by atomic mass is 10.1. The number of anilines is 2. The summed E-state index contributed by atoms with van der Waals surface area (Å²) in [4.78, 5) is 11.0. The fourth-order valence-electron chi connectivity index (χ4n) is 2.42. The van der Waals surface area contributed by atoms with E-state index in [0.29, 0.717) is 0 Å². The Labute approximate surface area is 127 Å². The van der Waals surface area contributed by atoms with Crippen molar-refractivity contribution in [1.82, 2.24) is 9.97 Å². The Morgan fingerprint density at radius 1 is 1.10 bits per heavy atom. The predicted octanol–water partition coefficient (Wildman–Crippen LogP) is 3.42. The van der Waals surface area contributed by atoms with Crippen molar-refractivity contribution in [1.29, 1.82) is 0 Å². The molecule has 2 aromatic rings. The van der Waals surface area contributed by atoms with E-state index in [4.69, 9.17) is 0 Å². The molecule has 1 aromatic carbocycles. The van der Waals surface area contributed by atoms with Crippen LogP contribution in [0.1, 0.15) is 30.5 Å². The average Bonchev–Trinajstić information content (AvgIpc) is 2.49. The second-order valence-electron chi connectivity index (χ2n) is 5.25. The van der Waals surface area contributed by atoms with Gasteiger partial charge in [0.25, 0.3) is 0 Å². The van der Waals surface area contributed by atoms with Crippen LogP contribution in [0.2, 0.25) is 0 Å². The van der Waals surface area contributed by atoms with Crippen LogP contribution < -0.4 is 10.2 Å². The minimum atomic E-state index is 0.843. The van der Waals surface area contributed by atoms with E-state index in [1.54, 1.807) is 6.33 Å². The number of benzene rings is 1. The molecule has 0 saturated carbocycles. The van der Waals surface area contributed by atoms with Crippen LogP contribution >= 0.6 is 0 Å². The maximum atomic E-state index is 4.48. The lowest BCUT2D eigenvalue weighted by Gasteiger charge is -2.22. The molecule has 4 heteroatoms. The molecule has 4 nitrogen and oxygen atoms in total. The van der Waals surface area contributed by atoms with Crippen LogP contribution in [0.25, 0.3) is 0 Å². The molecular weight excluding hydrogens is 260 g/mol. The molecule has 0 saturated heterocycles. The minimum absolute atomic E-state index is 0.843. The number of hydrogen-bond donors (Lipinski definition) is 1. The first-order chi connectivity index (χ1) is 10.2. The first-order valence-electron chi connectivity index (χ1n) is 7.50. The monoisotopic (exact) mass is 284 g/mol. The number of hydrogen-bond acceptors (Lipinski definition) is 4. The molecule has 1 heterocycles. The van der Waals surface area contributed by atoms with Gasteiger partial charge in [0.05, 0.1) is 0 Å². The van der Waals surface area contributed by atoms with Gasteiger partial charge in [-0.15, -0.1) is 0 Å². The Morgan fingerprint density at radius 2 is 1.81 bits per heavy atom. The number of nitrogens with zero attached hydrogens (tertiary/aromatic N) is 3. The van der Waals surface area contributed by atoms with Crippen LogP contribution in [0.3, 0.4) is 0 Å². The predicted molar refractivity (Wildman–Crippen MR) is 88.9 cm³/mol. The van der Waals surface area contributed by atoms with E-state index in [0.717, 1.165) is 31.1 Å². The van der Waals surface area contributed by atoms with Crippen molar-refractivity contribution in [2.45, 2.75) is 33.7 Å². The molecule has 1 aromatic heterocycles. The Hall–Kier alpha value is -2.10. The standard InChI is InChI=1S/C17H24N4/c1-5-15-16(18-6-2)19-12-20-17(15)21(4)11-14-9-7-13(3)8-10-14/h7-10,12H,5-6,11H2,1-4H3,(H,18,19,20). The van der Waals surface area contributed by atoms with Crippen molar-refractivity contribution in [3.8, 4) is 0 Å². The van der Waals surface area contributed by atoms with E-state index in [9.17, 15) is 0 Å². The summed E-state index contributed by atoms with van der Waals surface area (Å²) >= 11 is 0. The zero-order valence-corrected chi connectivity index (χ0v) is 13.3. The summed E-state index contributed by atoms with van der Waals surface area (Å²) in [6.45, 7) is 8.04. The van der Waals surface area contributed by atoms with Crippen molar-refractivity contribution >= 4 is 11.6 Å². The molecule has 0 bridgehead atoms. The topological polar surface area (TPSA) is 41.1 Å². The van der Waals surface area contributed by atoms with Crippen LogP contribution in [-0.4, -0.2) is 23.6 Å². The summed E-state index contributed by atoms with van der Waals surface area (Å²) in [5.41, 5.74) is 3.75. The Morgan fingerprint density at radius 3 is 2.43 bits per heavy atom. The molecule has 0 atom stereocenters. The highest BCUT2D eigenvalue weighted by molar-refractivity contribution is 5.58. The van der Waals surface area contributed by atoms with Crippen LogP contribution in [0.4, 0.5) is 11.6 Å². The van der Waals surface area contributed by atoms with Crippen LogP contribution in [0.15, 0.2) is 30.6 Å². The highest BCUT2D eigenvalue weighted by Gasteiger charge is 2.13. The number of aryl methyl sites for hydroxylation is 1. The quantitative estimate of drug-likeness (QED) is 0.882. The second-order valence-corrected chi connectivity index (χ2v) is 5.25. The van der Waals surface area contributed by atoms with Crippen LogP contribution in [-0.2, 0) is 13.0 Å². The normalized spacial score (nSPS) is 10.5. The summed E-state index contributed by atoms with van der Waals surface area (Å²) in [5.74, 6) is 1.95. The maximum absolute atomic E-state index is 4.48. The fourth-order valence-corrected chi connectivity index (χ4v) is 2.42. The van der Waals surface area contributed by atoms with E-state index in [2.05, 4.69) is 72.3 Å². The zero-order chi connectivity index (χ0) is 15.2. The minimum Gasteiger partial charge on any atom is -0.370 e. The third-order valence-corrected chi connectivity index (χ3v) is 3.52. The Bertz CT molecular complexity index is 578. The molecule has 0 aliphatic rings. The van der Waals surface area contributed by atoms with Gasteiger partial charge in [-0.1, -0.05) is 36.8 Å². The third kappa shape index (κ3) is 3.72. The lowest BCUT2D eigenvalue weighted by Crippen LogP contribution is -2.20. The lowest BCUT2D eigenvalue weighted by molar-refractivity contribution is 0.869. The first kappa shape index (κ1) is 15.3. The zero-order valence-electron chi connectivity index (χ0n) is 13.3. The van der Waals surface area contributed by atoms with Gasteiger partial charge < -0.3 is 10.2 Å². The van der Waals surface area contributed by atoms with Crippen molar-refractivity contribution in [3.05, 3.63) is 47.3 Å². The van der Waals surface area contributed by atoms with Gasteiger partial charge in [-0.05, 0) is 25.8 Å². The van der Waals surface area contributed by atoms with Gasteiger partial charge in [-0.25, -0.2) is 9.97 Å². The maximum Gasteiger partial charge on any atom is 0.137 e. The highest BCUT2D eigenvalue weighted by atomic mass is 15.2. The first-order valence-corrected chi connectivity index (χ1v) is 7.50. The van der Waals surface area contributed by atoms with Gasteiger partial charge in [0.2, 0.25) is 0 Å². The third-order valence-electron chi connectivity index (χ3n) is 3.52. The smallest absolute Gasteiger partial charge is 0.137 e. The molecule has 0 unspecified atom stereocenters. The highest BCUT2D eigenvalue weighted by Crippen LogP contribution is 2.24. The molecule has 1 N–H and O–H groups in total. The van der Waals surface area contributed by atoms with Gasteiger partial charge in [0.1, 0.15) is 18.0 Å². The van der Waals surface area contributed by atoms with Crippen molar-refractivity contribution in [3.63, 3.8) is 0 Å². The van der Waals surface area contributed by atoms with Gasteiger partial charge in [-0.3, -0.25) is 0 Å². The molecule has 0 aliphatic heterocycles. The Kier molecular flexibility index (Phi) is 5.14. The van der Waals surface area contributed by atoms with Crippen molar-refractivity contribution < 1.29 is 0 Å². The summed E-state index contributed by atoms with van der Waals surface area (Å²) in [6.07, 6.45) is 2.55. The average molecular weight is 284 g/mol. The van der Waals surface area contributed by atoms with E-state index < -0.39 is 0 Å².